The van der Waals surface area contributed by atoms with E-state index in [1.807, 2.05) is 43.5 Å². The van der Waals surface area contributed by atoms with Crippen LogP contribution in [-0.2, 0) is 11.5 Å². The molecule has 4 aromatic rings. The third-order valence-electron chi connectivity index (χ3n) is 5.26. The van der Waals surface area contributed by atoms with Crippen LogP contribution in [0.5, 0.6) is 0 Å². The van der Waals surface area contributed by atoms with Crippen molar-refractivity contribution >= 4 is 47.6 Å². The van der Waals surface area contributed by atoms with E-state index in [2.05, 4.69) is 35.0 Å². The van der Waals surface area contributed by atoms with E-state index in [4.69, 9.17) is 21.3 Å². The molecule has 3 heterocycles. The van der Waals surface area contributed by atoms with Crippen LogP contribution >= 0.6 is 11.6 Å². The maximum atomic E-state index is 13.1. The minimum Gasteiger partial charge on any atom is -0.361 e. The second-order valence-electron chi connectivity index (χ2n) is 10.7. The summed E-state index contributed by atoms with van der Waals surface area (Å²) in [6.45, 7) is 13.8. The van der Waals surface area contributed by atoms with Crippen molar-refractivity contribution in [1.29, 1.82) is 0 Å². The number of ether oxygens (including phenoxy) is 1. The van der Waals surface area contributed by atoms with Gasteiger partial charge in [0, 0.05) is 36.8 Å². The Morgan fingerprint density at radius 3 is 2.68 bits per heavy atom. The minimum absolute atomic E-state index is 0.210. The number of carbonyl (C=O) groups excluding carboxylic acids is 1. The molecule has 8 nitrogen and oxygen atoms in total. The van der Waals surface area contributed by atoms with Crippen molar-refractivity contribution in [1.82, 2.24) is 29.6 Å². The van der Waals surface area contributed by atoms with Crippen molar-refractivity contribution in [3.8, 4) is 5.82 Å². The SMILES string of the molecule is CC(C)(C)NC(=O)c1cn(COCC[Si](C)(C)C)c2ncc(-n3ncc4ccc(Cl)cc43)nc12. The van der Waals surface area contributed by atoms with Gasteiger partial charge in [0.1, 0.15) is 12.2 Å². The van der Waals surface area contributed by atoms with E-state index in [-0.39, 0.29) is 11.4 Å². The Hall–Kier alpha value is -2.75. The van der Waals surface area contributed by atoms with E-state index in [1.165, 1.54) is 0 Å². The third-order valence-corrected chi connectivity index (χ3v) is 7.20. The van der Waals surface area contributed by atoms with E-state index < -0.39 is 8.07 Å². The van der Waals surface area contributed by atoms with Crippen LogP contribution in [-0.4, -0.2) is 50.4 Å². The average molecular weight is 499 g/mol. The van der Waals surface area contributed by atoms with Gasteiger partial charge in [-0.15, -0.1) is 0 Å². The number of nitrogens with one attached hydrogen (secondary N) is 1. The molecular formula is C24H31ClN6O2Si. The smallest absolute Gasteiger partial charge is 0.255 e. The Labute approximate surface area is 205 Å². The van der Waals surface area contributed by atoms with Gasteiger partial charge in [0.25, 0.3) is 5.91 Å². The first-order valence-electron chi connectivity index (χ1n) is 11.3. The van der Waals surface area contributed by atoms with Gasteiger partial charge in [-0.2, -0.15) is 5.10 Å². The van der Waals surface area contributed by atoms with Crippen molar-refractivity contribution in [3.05, 3.63) is 47.4 Å². The Kier molecular flexibility index (Phi) is 6.54. The second kappa shape index (κ2) is 9.13. The molecule has 0 spiro atoms. The van der Waals surface area contributed by atoms with Gasteiger partial charge < -0.3 is 14.6 Å². The van der Waals surface area contributed by atoms with Gasteiger partial charge >= 0.3 is 0 Å². The van der Waals surface area contributed by atoms with Crippen LogP contribution in [0.4, 0.5) is 0 Å². The zero-order chi connectivity index (χ0) is 24.7. The molecule has 1 N–H and O–H groups in total. The van der Waals surface area contributed by atoms with Crippen molar-refractivity contribution in [2.45, 2.75) is 58.7 Å². The van der Waals surface area contributed by atoms with Crippen molar-refractivity contribution in [3.63, 3.8) is 0 Å². The van der Waals surface area contributed by atoms with E-state index in [0.29, 0.717) is 40.9 Å². The predicted molar refractivity (Wildman–Crippen MR) is 138 cm³/mol. The van der Waals surface area contributed by atoms with Crippen LogP contribution in [0.3, 0.4) is 0 Å². The molecule has 0 aliphatic heterocycles. The highest BCUT2D eigenvalue weighted by Gasteiger charge is 2.23. The van der Waals surface area contributed by atoms with Crippen molar-refractivity contribution in [2.24, 2.45) is 0 Å². The molecule has 0 unspecified atom stereocenters. The molecule has 0 atom stereocenters. The average Bonchev–Trinajstić information content (AvgIpc) is 3.30. The van der Waals surface area contributed by atoms with Gasteiger partial charge in [0.2, 0.25) is 0 Å². The lowest BCUT2D eigenvalue weighted by Gasteiger charge is -2.20. The molecule has 0 fully saturated rings. The highest BCUT2D eigenvalue weighted by molar-refractivity contribution is 6.76. The lowest BCUT2D eigenvalue weighted by molar-refractivity contribution is 0.0886. The molecule has 0 saturated heterocycles. The fraction of sp³-hybridized carbons (Fsp3) is 0.417. The third kappa shape index (κ3) is 5.48. The number of benzene rings is 1. The number of fused-ring (bicyclic) bond motifs is 2. The van der Waals surface area contributed by atoms with E-state index in [1.54, 1.807) is 23.3 Å². The number of carbonyl (C=O) groups is 1. The largest absolute Gasteiger partial charge is 0.361 e. The number of amides is 1. The number of rotatable bonds is 7. The summed E-state index contributed by atoms with van der Waals surface area (Å²) in [6, 6.07) is 6.63. The minimum atomic E-state index is -1.20. The number of nitrogens with zero attached hydrogens (tertiary/aromatic N) is 5. The van der Waals surface area contributed by atoms with Crippen LogP contribution in [0.2, 0.25) is 30.7 Å². The second-order valence-corrected chi connectivity index (χ2v) is 16.8. The molecular weight excluding hydrogens is 468 g/mol. The molecule has 1 amide bonds. The molecule has 0 aliphatic carbocycles. The molecule has 3 aromatic heterocycles. The Morgan fingerprint density at radius 2 is 1.97 bits per heavy atom. The van der Waals surface area contributed by atoms with Crippen LogP contribution < -0.4 is 5.32 Å². The maximum Gasteiger partial charge on any atom is 0.255 e. The first kappa shape index (κ1) is 24.4. The van der Waals surface area contributed by atoms with Gasteiger partial charge in [0.05, 0.1) is 23.5 Å². The number of hydrogen-bond acceptors (Lipinski definition) is 5. The summed E-state index contributed by atoms with van der Waals surface area (Å²) in [7, 11) is -1.20. The topological polar surface area (TPSA) is 86.9 Å². The molecule has 0 aliphatic rings. The summed E-state index contributed by atoms with van der Waals surface area (Å²) in [4.78, 5) is 22.6. The van der Waals surface area contributed by atoms with Gasteiger partial charge in [-0.1, -0.05) is 31.2 Å². The zero-order valence-corrected chi connectivity index (χ0v) is 22.3. The Balaban J connectivity index is 1.74. The summed E-state index contributed by atoms with van der Waals surface area (Å²) >= 11 is 6.21. The summed E-state index contributed by atoms with van der Waals surface area (Å²) in [6.07, 6.45) is 5.17. The monoisotopic (exact) mass is 498 g/mol. The molecule has 34 heavy (non-hydrogen) atoms. The summed E-state index contributed by atoms with van der Waals surface area (Å²) in [5.74, 6) is 0.296. The Morgan fingerprint density at radius 1 is 1.21 bits per heavy atom. The molecule has 0 saturated carbocycles. The number of aromatic nitrogens is 5. The first-order chi connectivity index (χ1) is 15.9. The quantitative estimate of drug-likeness (QED) is 0.277. The molecule has 1 aromatic carbocycles. The molecule has 0 radical (unpaired) electrons. The predicted octanol–water partition coefficient (Wildman–Crippen LogP) is 5.26. The first-order valence-corrected chi connectivity index (χ1v) is 15.4. The van der Waals surface area contributed by atoms with E-state index in [9.17, 15) is 4.79 Å². The lowest BCUT2D eigenvalue weighted by atomic mass is 10.1. The van der Waals surface area contributed by atoms with E-state index in [0.717, 1.165) is 16.9 Å². The van der Waals surface area contributed by atoms with Crippen molar-refractivity contribution < 1.29 is 9.53 Å². The number of hydrogen-bond donors (Lipinski definition) is 1. The molecule has 4 rings (SSSR count). The maximum absolute atomic E-state index is 13.1. The fourth-order valence-electron chi connectivity index (χ4n) is 3.53. The zero-order valence-electron chi connectivity index (χ0n) is 20.5. The fourth-order valence-corrected chi connectivity index (χ4v) is 4.46. The van der Waals surface area contributed by atoms with Crippen LogP contribution in [0.1, 0.15) is 31.1 Å². The lowest BCUT2D eigenvalue weighted by Crippen LogP contribution is -2.40. The van der Waals surface area contributed by atoms with Gasteiger partial charge in [0.15, 0.2) is 11.5 Å². The standard InChI is InChI=1S/C24H31ClN6O2Si/c1-24(2,3)29-23(32)18-14-30(15-33-9-10-34(4,5)6)22-21(18)28-20(13-26-22)31-19-11-17(25)8-7-16(19)12-27-31/h7-8,11-14H,9-10,15H2,1-6H3,(H,29,32). The number of halogens is 1. The van der Waals surface area contributed by atoms with Gasteiger partial charge in [-0.25, -0.2) is 14.6 Å². The summed E-state index contributed by atoms with van der Waals surface area (Å²) in [5, 5.41) is 9.03. The molecule has 10 heteroatoms. The molecule has 0 bridgehead atoms. The summed E-state index contributed by atoms with van der Waals surface area (Å²) in [5.41, 5.74) is 1.96. The highest BCUT2D eigenvalue weighted by atomic mass is 35.5. The van der Waals surface area contributed by atoms with Crippen LogP contribution in [0, 0.1) is 0 Å². The van der Waals surface area contributed by atoms with Crippen LogP contribution in [0.25, 0.3) is 27.9 Å². The van der Waals surface area contributed by atoms with Gasteiger partial charge in [-0.05, 0) is 45.0 Å². The highest BCUT2D eigenvalue weighted by Crippen LogP contribution is 2.24. The normalized spacial score (nSPS) is 12.6. The molecule has 180 valence electrons. The van der Waals surface area contributed by atoms with Gasteiger partial charge in [-0.3, -0.25) is 4.79 Å². The van der Waals surface area contributed by atoms with Crippen LogP contribution in [0.15, 0.2) is 36.8 Å². The van der Waals surface area contributed by atoms with E-state index >= 15 is 0 Å². The summed E-state index contributed by atoms with van der Waals surface area (Å²) < 4.78 is 9.46. The Bertz CT molecular complexity index is 1350. The van der Waals surface area contributed by atoms with Crippen molar-refractivity contribution in [2.75, 3.05) is 6.61 Å².